The van der Waals surface area contributed by atoms with Crippen LogP contribution in [-0.2, 0) is 20.8 Å². The van der Waals surface area contributed by atoms with Gasteiger partial charge in [0.15, 0.2) is 5.82 Å². The number of imidazole rings is 1. The number of nitrogens with zero attached hydrogens (tertiary/aromatic N) is 4. The van der Waals surface area contributed by atoms with Crippen LogP contribution in [0.3, 0.4) is 0 Å². The predicted molar refractivity (Wildman–Crippen MR) is 148 cm³/mol. The van der Waals surface area contributed by atoms with Gasteiger partial charge in [-0.15, -0.1) is 0 Å². The van der Waals surface area contributed by atoms with Crippen molar-refractivity contribution in [1.82, 2.24) is 24.7 Å². The second-order valence-electron chi connectivity index (χ2n) is 11.4. The van der Waals surface area contributed by atoms with E-state index in [4.69, 9.17) is 14.5 Å². The minimum Gasteiger partial charge on any atom is -0.499 e. The Balaban J connectivity index is 1.62. The summed E-state index contributed by atoms with van der Waals surface area (Å²) in [5.41, 5.74) is 0. The molecule has 2 unspecified atom stereocenters. The van der Waals surface area contributed by atoms with Crippen molar-refractivity contribution in [2.45, 2.75) is 77.8 Å². The monoisotopic (exact) mass is 529 g/mol. The summed E-state index contributed by atoms with van der Waals surface area (Å²) in [4.78, 5) is 36.6. The fourth-order valence-corrected chi connectivity index (χ4v) is 6.08. The van der Waals surface area contributed by atoms with E-state index in [0.29, 0.717) is 50.9 Å². The number of piperidine rings is 2. The predicted octanol–water partition coefficient (Wildman–Crippen LogP) is 1.73. The molecule has 9 nitrogen and oxygen atoms in total. The van der Waals surface area contributed by atoms with Gasteiger partial charge in [-0.2, -0.15) is 0 Å². The number of hydrogen-bond donors (Lipinski definition) is 1. The second-order valence-corrected chi connectivity index (χ2v) is 11.4. The topological polar surface area (TPSA) is 88.9 Å². The highest BCUT2D eigenvalue weighted by molar-refractivity contribution is 5.91. The van der Waals surface area contributed by atoms with Crippen LogP contribution in [0.5, 0.6) is 0 Å². The smallest absolute Gasteiger partial charge is 0.290 e. The Morgan fingerprint density at radius 2 is 1.95 bits per heavy atom. The van der Waals surface area contributed by atoms with Crippen LogP contribution in [0.15, 0.2) is 0 Å². The van der Waals surface area contributed by atoms with Crippen LogP contribution in [0, 0.1) is 11.8 Å². The average Bonchev–Trinajstić information content (AvgIpc) is 3.32. The minimum atomic E-state index is -0.0990. The summed E-state index contributed by atoms with van der Waals surface area (Å²) in [7, 11) is 3.40. The molecule has 1 N–H and O–H groups in total. The molecule has 0 spiro atoms. The van der Waals surface area contributed by atoms with Crippen LogP contribution in [0.25, 0.3) is 11.8 Å². The number of nitrogens with one attached hydrogen (secondary N) is 1. The van der Waals surface area contributed by atoms with Crippen LogP contribution in [0.2, 0.25) is 0 Å². The van der Waals surface area contributed by atoms with Crippen molar-refractivity contribution in [1.29, 1.82) is 0 Å². The summed E-state index contributed by atoms with van der Waals surface area (Å²) in [5.74, 6) is 1.70. The molecule has 9 heteroatoms. The highest BCUT2D eigenvalue weighted by Gasteiger charge is 2.36. The molecule has 38 heavy (non-hydrogen) atoms. The molecule has 2 amide bonds. The van der Waals surface area contributed by atoms with E-state index in [9.17, 15) is 9.59 Å². The summed E-state index contributed by atoms with van der Waals surface area (Å²) in [6.45, 7) is 9.39. The van der Waals surface area contributed by atoms with E-state index >= 15 is 0 Å². The van der Waals surface area contributed by atoms with Gasteiger partial charge < -0.3 is 29.2 Å². The Kier molecular flexibility index (Phi) is 10.2. The molecular weight excluding hydrogens is 482 g/mol. The molecule has 2 atom stereocenters. The third-order valence-electron chi connectivity index (χ3n) is 8.01. The summed E-state index contributed by atoms with van der Waals surface area (Å²) < 4.78 is 13.0. The lowest BCUT2D eigenvalue weighted by molar-refractivity contribution is -0.137. The normalized spacial score (nSPS) is 21.7. The molecular formula is C29H47N5O4. The molecule has 0 saturated carbocycles. The summed E-state index contributed by atoms with van der Waals surface area (Å²) in [6, 6.07) is -0.0529. The number of unbranched alkanes of at least 4 members (excludes halogenated alkanes) is 1. The fraction of sp³-hybridized carbons (Fsp3) is 0.759. The quantitative estimate of drug-likeness (QED) is 0.439. The molecule has 3 aliphatic rings. The van der Waals surface area contributed by atoms with Crippen LogP contribution < -0.4 is 16.0 Å². The zero-order valence-corrected chi connectivity index (χ0v) is 23.8. The maximum absolute atomic E-state index is 14.3. The zero-order chi connectivity index (χ0) is 27.1. The van der Waals surface area contributed by atoms with E-state index in [1.165, 1.54) is 6.42 Å². The summed E-state index contributed by atoms with van der Waals surface area (Å²) >= 11 is 0. The Hall–Kier alpha value is -2.39. The van der Waals surface area contributed by atoms with Gasteiger partial charge in [0, 0.05) is 65.4 Å². The van der Waals surface area contributed by atoms with Crippen molar-refractivity contribution in [2.24, 2.45) is 11.8 Å². The van der Waals surface area contributed by atoms with Crippen LogP contribution in [0.1, 0.15) is 75.8 Å². The first-order chi connectivity index (χ1) is 18.4. The minimum absolute atomic E-state index is 0.0529. The van der Waals surface area contributed by atoms with E-state index in [1.54, 1.807) is 14.2 Å². The van der Waals surface area contributed by atoms with Gasteiger partial charge in [0.1, 0.15) is 11.1 Å². The van der Waals surface area contributed by atoms with Gasteiger partial charge in [0.05, 0.1) is 18.4 Å². The molecule has 3 heterocycles. The first kappa shape index (κ1) is 28.6. The molecule has 1 aliphatic carbocycles. The first-order valence-corrected chi connectivity index (χ1v) is 14.6. The Morgan fingerprint density at radius 3 is 2.66 bits per heavy atom. The second kappa shape index (κ2) is 13.6. The third kappa shape index (κ3) is 6.60. The van der Waals surface area contributed by atoms with E-state index in [2.05, 4.69) is 29.8 Å². The highest BCUT2D eigenvalue weighted by Crippen LogP contribution is 2.23. The van der Waals surface area contributed by atoms with Crippen molar-refractivity contribution in [3.63, 3.8) is 0 Å². The number of carbonyl (C=O) groups is 2. The highest BCUT2D eigenvalue weighted by atomic mass is 16.5. The number of amides is 2. The molecule has 212 valence electrons. The molecule has 4 rings (SSSR count). The first-order valence-electron chi connectivity index (χ1n) is 14.6. The Morgan fingerprint density at radius 1 is 1.16 bits per heavy atom. The lowest BCUT2D eigenvalue weighted by atomic mass is 9.92. The van der Waals surface area contributed by atoms with Gasteiger partial charge in [-0.1, -0.05) is 19.9 Å². The fourth-order valence-electron chi connectivity index (χ4n) is 6.08. The van der Waals surface area contributed by atoms with Gasteiger partial charge in [-0.05, 0) is 50.9 Å². The number of ether oxygens (including phenoxy) is 2. The molecule has 2 aliphatic heterocycles. The van der Waals surface area contributed by atoms with Crippen LogP contribution >= 0.6 is 0 Å². The third-order valence-corrected chi connectivity index (χ3v) is 8.01. The summed E-state index contributed by atoms with van der Waals surface area (Å²) in [6.07, 6.45) is 9.72. The standard InChI is InChI=1S/C29H47N5O4/c1-21(2)20-34(23-17-22(18-30-19-23)28(35)32-13-6-5-7-14-32)29(36)27-31-26-24(11-10-12-25(26)38-4)33(27)15-8-9-16-37-3/h11,21-23,30H,5-10,12-20H2,1-4H3. The zero-order valence-electron chi connectivity index (χ0n) is 23.8. The van der Waals surface area contributed by atoms with Crippen LogP contribution in [0.4, 0.5) is 0 Å². The summed E-state index contributed by atoms with van der Waals surface area (Å²) in [5, 5.41) is 5.25. The van der Waals surface area contributed by atoms with Gasteiger partial charge >= 0.3 is 0 Å². The number of fused-ring (bicyclic) bond motifs is 1. The number of likely N-dealkylation sites (tertiary alicyclic amines) is 1. The van der Waals surface area contributed by atoms with E-state index < -0.39 is 0 Å². The number of carbonyl (C=O) groups excluding carboxylic acids is 2. The van der Waals surface area contributed by atoms with E-state index in [1.807, 2.05) is 9.80 Å². The molecule has 1 aromatic heterocycles. The maximum atomic E-state index is 14.3. The molecule has 0 aromatic carbocycles. The lowest BCUT2D eigenvalue weighted by Gasteiger charge is -2.40. The lowest BCUT2D eigenvalue weighted by Crippen LogP contribution is -2.55. The van der Waals surface area contributed by atoms with E-state index in [-0.39, 0.29) is 23.8 Å². The molecule has 2 fully saturated rings. The van der Waals surface area contributed by atoms with Crippen molar-refractivity contribution < 1.29 is 19.1 Å². The van der Waals surface area contributed by atoms with Gasteiger partial charge in [0.25, 0.3) is 5.91 Å². The number of aromatic nitrogens is 2. The van der Waals surface area contributed by atoms with E-state index in [0.717, 1.165) is 68.1 Å². The number of methoxy groups -OCH3 is 2. The van der Waals surface area contributed by atoms with Gasteiger partial charge in [-0.3, -0.25) is 9.59 Å². The maximum Gasteiger partial charge on any atom is 0.290 e. The average molecular weight is 530 g/mol. The van der Waals surface area contributed by atoms with Crippen molar-refractivity contribution >= 4 is 23.6 Å². The van der Waals surface area contributed by atoms with Gasteiger partial charge in [-0.25, -0.2) is 4.98 Å². The Bertz CT molecular complexity index is 1080. The molecule has 2 saturated heterocycles. The van der Waals surface area contributed by atoms with Gasteiger partial charge in [0.2, 0.25) is 5.91 Å². The van der Waals surface area contributed by atoms with Crippen molar-refractivity contribution in [3.8, 4) is 0 Å². The number of hydrogen-bond acceptors (Lipinski definition) is 6. The molecule has 0 radical (unpaired) electrons. The van der Waals surface area contributed by atoms with Crippen molar-refractivity contribution in [3.05, 3.63) is 16.5 Å². The molecule has 0 bridgehead atoms. The Labute approximate surface area is 227 Å². The van der Waals surface area contributed by atoms with Crippen LogP contribution in [-0.4, -0.2) is 90.8 Å². The SMILES string of the molecule is COCCCCn1c(C(=O)N(CC(C)C)C2CNCC(C(=O)N3CCCCC3)C2)nc2c1=CCCC=2OC. The largest absolute Gasteiger partial charge is 0.499 e. The van der Waals surface area contributed by atoms with Crippen molar-refractivity contribution in [2.75, 3.05) is 53.6 Å². The molecule has 1 aromatic rings. The number of rotatable bonds is 11.